The van der Waals surface area contributed by atoms with E-state index in [-0.39, 0.29) is 10.7 Å². The van der Waals surface area contributed by atoms with Crippen molar-refractivity contribution in [3.8, 4) is 0 Å². The topological polar surface area (TPSA) is 71.4 Å². The number of aryl methyl sites for hydroxylation is 1. The Morgan fingerprint density at radius 1 is 1.12 bits per heavy atom. The van der Waals surface area contributed by atoms with Gasteiger partial charge in [0.1, 0.15) is 23.4 Å². The summed E-state index contributed by atoms with van der Waals surface area (Å²) in [6, 6.07) is 6.32. The van der Waals surface area contributed by atoms with Crippen LogP contribution in [0.3, 0.4) is 0 Å². The molecule has 1 aromatic heterocycles. The second-order valence-electron chi connectivity index (χ2n) is 10.0. The van der Waals surface area contributed by atoms with E-state index in [1.807, 2.05) is 19.0 Å². The van der Waals surface area contributed by atoms with Crippen LogP contribution >= 0.6 is 11.6 Å². The van der Waals surface area contributed by atoms with Crippen molar-refractivity contribution in [1.29, 1.82) is 0 Å². The van der Waals surface area contributed by atoms with Gasteiger partial charge in [-0.2, -0.15) is 18.3 Å². The van der Waals surface area contributed by atoms with Crippen LogP contribution in [0.25, 0.3) is 10.9 Å². The molecule has 0 bridgehead atoms. The first-order valence-corrected chi connectivity index (χ1v) is 12.8. The van der Waals surface area contributed by atoms with Crippen molar-refractivity contribution in [2.75, 3.05) is 26.5 Å². The summed E-state index contributed by atoms with van der Waals surface area (Å²) in [5, 5.41) is 11.5. The van der Waals surface area contributed by atoms with E-state index in [1.165, 1.54) is 25.3 Å². The maximum absolute atomic E-state index is 14.4. The number of rotatable bonds is 6. The first-order valence-electron chi connectivity index (χ1n) is 12.4. The number of carbonyl (C=O) groups excluding carboxylic acids is 1. The Balaban J connectivity index is 1.74. The number of hydrogen-bond acceptors (Lipinski definition) is 5. The van der Waals surface area contributed by atoms with Gasteiger partial charge in [-0.25, -0.2) is 8.78 Å². The minimum atomic E-state index is -4.86. The Morgan fingerprint density at radius 2 is 1.85 bits per heavy atom. The molecule has 7 nitrogen and oxygen atoms in total. The Bertz CT molecular complexity index is 1670. The maximum Gasteiger partial charge on any atom is 0.416 e. The lowest BCUT2D eigenvalue weighted by Crippen LogP contribution is -2.21. The molecule has 5 rings (SSSR count). The van der Waals surface area contributed by atoms with E-state index in [0.29, 0.717) is 46.3 Å². The molecule has 2 N–H and O–H groups in total. The Kier molecular flexibility index (Phi) is 7.53. The lowest BCUT2D eigenvalue weighted by Gasteiger charge is -2.19. The third-order valence-corrected chi connectivity index (χ3v) is 7.25. The number of aromatic nitrogens is 2. The summed E-state index contributed by atoms with van der Waals surface area (Å²) in [6.07, 6.45) is -5.62. The highest BCUT2D eigenvalue weighted by molar-refractivity contribution is 6.31. The van der Waals surface area contributed by atoms with Crippen LogP contribution < -0.4 is 10.6 Å². The molecule has 2 unspecified atom stereocenters. The van der Waals surface area contributed by atoms with Crippen LogP contribution in [0.4, 0.5) is 27.6 Å². The zero-order valence-corrected chi connectivity index (χ0v) is 23.1. The number of halogens is 6. The van der Waals surface area contributed by atoms with Crippen molar-refractivity contribution in [2.24, 2.45) is 7.05 Å². The Hall–Kier alpha value is -3.58. The van der Waals surface area contributed by atoms with E-state index in [2.05, 4.69) is 10.6 Å². The predicted octanol–water partition coefficient (Wildman–Crippen LogP) is 6.18. The van der Waals surface area contributed by atoms with Crippen molar-refractivity contribution in [3.63, 3.8) is 0 Å². The largest absolute Gasteiger partial charge is 0.416 e. The highest BCUT2D eigenvalue weighted by Crippen LogP contribution is 2.47. The number of hydrogen-bond donors (Lipinski definition) is 2. The molecular formula is C28H25ClF5N5O2. The first kappa shape index (κ1) is 28.9. The Labute approximate surface area is 236 Å². The van der Waals surface area contributed by atoms with Crippen LogP contribution in [0.2, 0.25) is 5.02 Å². The Morgan fingerprint density at radius 3 is 2.51 bits per heavy atom. The average Bonchev–Trinajstić information content (AvgIpc) is 3.42. The summed E-state index contributed by atoms with van der Waals surface area (Å²) in [5.41, 5.74) is 1.04. The normalized spacial score (nSPS) is 17.0. The van der Waals surface area contributed by atoms with Gasteiger partial charge < -0.3 is 15.0 Å². The number of carbonyl (C=O) groups is 1. The molecule has 1 amide bonds. The van der Waals surface area contributed by atoms with Gasteiger partial charge in [0.05, 0.1) is 17.3 Å². The summed E-state index contributed by atoms with van der Waals surface area (Å²) in [4.78, 5) is 15.3. The highest BCUT2D eigenvalue weighted by atomic mass is 35.5. The number of alkyl halides is 3. The van der Waals surface area contributed by atoms with Crippen LogP contribution in [0.1, 0.15) is 50.6 Å². The van der Waals surface area contributed by atoms with Gasteiger partial charge >= 0.3 is 6.18 Å². The van der Waals surface area contributed by atoms with Crippen LogP contribution in [0.15, 0.2) is 42.5 Å². The molecule has 4 aromatic rings. The minimum absolute atomic E-state index is 0.195. The van der Waals surface area contributed by atoms with Gasteiger partial charge in [-0.3, -0.25) is 14.8 Å². The number of ether oxygens (including phenoxy) is 1. The summed E-state index contributed by atoms with van der Waals surface area (Å²) in [5.74, 6) is -2.73. The van der Waals surface area contributed by atoms with Gasteiger partial charge in [0.2, 0.25) is 0 Å². The molecule has 2 heterocycles. The smallest absolute Gasteiger partial charge is 0.362 e. The highest BCUT2D eigenvalue weighted by Gasteiger charge is 2.39. The zero-order valence-electron chi connectivity index (χ0n) is 22.3. The zero-order chi connectivity index (χ0) is 29.8. The SMILES string of the molecule is COC1NC(c2cc(F)ccc2Cl)c2c(NC(=O)c3cc(F)cc(C(F)(F)F)c3)cc3c(CN(C)C)n(C)nc3c21. The predicted molar refractivity (Wildman–Crippen MR) is 144 cm³/mol. The van der Waals surface area contributed by atoms with Gasteiger partial charge in [0.15, 0.2) is 0 Å². The van der Waals surface area contributed by atoms with Crippen molar-refractivity contribution in [3.05, 3.63) is 92.6 Å². The minimum Gasteiger partial charge on any atom is -0.362 e. The number of nitrogens with zero attached hydrogens (tertiary/aromatic N) is 3. The second-order valence-corrected chi connectivity index (χ2v) is 10.4. The van der Waals surface area contributed by atoms with Gasteiger partial charge in [-0.05, 0) is 62.1 Å². The van der Waals surface area contributed by atoms with Gasteiger partial charge in [-0.1, -0.05) is 11.6 Å². The quantitative estimate of drug-likeness (QED) is 0.262. The molecule has 41 heavy (non-hydrogen) atoms. The van der Waals surface area contributed by atoms with Gasteiger partial charge in [0.25, 0.3) is 5.91 Å². The van der Waals surface area contributed by atoms with Crippen molar-refractivity contribution in [1.82, 2.24) is 20.0 Å². The number of fused-ring (bicyclic) bond motifs is 3. The van der Waals surface area contributed by atoms with Crippen LogP contribution in [-0.2, 0) is 24.5 Å². The molecule has 216 valence electrons. The van der Waals surface area contributed by atoms with Crippen LogP contribution in [0.5, 0.6) is 0 Å². The lowest BCUT2D eigenvalue weighted by molar-refractivity contribution is -0.137. The molecule has 0 fully saturated rings. The van der Waals surface area contributed by atoms with Crippen LogP contribution in [0, 0.1) is 11.6 Å². The summed E-state index contributed by atoms with van der Waals surface area (Å²) < 4.78 is 76.0. The van der Waals surface area contributed by atoms with E-state index < -0.39 is 47.1 Å². The fourth-order valence-electron chi connectivity index (χ4n) is 5.15. The van der Waals surface area contributed by atoms with E-state index in [4.69, 9.17) is 21.4 Å². The first-order chi connectivity index (χ1) is 19.3. The van der Waals surface area contributed by atoms with Gasteiger partial charge in [-0.15, -0.1) is 0 Å². The third-order valence-electron chi connectivity index (χ3n) is 6.91. The summed E-state index contributed by atoms with van der Waals surface area (Å²) >= 11 is 6.46. The molecule has 2 atom stereocenters. The number of methoxy groups -OCH3 is 1. The summed E-state index contributed by atoms with van der Waals surface area (Å²) in [7, 11) is 6.97. The fraction of sp³-hybridized carbons (Fsp3) is 0.286. The molecule has 0 aliphatic carbocycles. The standard InChI is InChI=1S/C28H25ClF5N5O2/c1-38(2)12-21-18-11-20(35-26(40)13-7-14(28(32,33)34)9-16(31)8-13)22-23(25(18)37-39(21)3)27(41-4)36-24(22)17-10-15(30)5-6-19(17)29/h5-11,24,27,36H,12H2,1-4H3,(H,35,40). The van der Waals surface area contributed by atoms with Crippen LogP contribution in [-0.4, -0.2) is 41.8 Å². The third kappa shape index (κ3) is 5.40. The molecule has 0 radical (unpaired) electrons. The molecular weight excluding hydrogens is 569 g/mol. The number of anilines is 1. The van der Waals surface area contributed by atoms with E-state index in [0.717, 1.165) is 11.8 Å². The number of nitrogens with one attached hydrogen (secondary N) is 2. The lowest BCUT2D eigenvalue weighted by atomic mass is 9.93. The molecule has 13 heteroatoms. The van der Waals surface area contributed by atoms with Crippen molar-refractivity contribution < 1.29 is 31.5 Å². The second kappa shape index (κ2) is 10.7. The molecule has 0 saturated carbocycles. The maximum atomic E-state index is 14.4. The average molecular weight is 594 g/mol. The van der Waals surface area contributed by atoms with E-state index >= 15 is 0 Å². The molecule has 3 aromatic carbocycles. The number of benzene rings is 3. The molecule has 1 aliphatic heterocycles. The molecule has 1 aliphatic rings. The number of amides is 1. The summed E-state index contributed by atoms with van der Waals surface area (Å²) in [6.45, 7) is 0.474. The monoisotopic (exact) mass is 593 g/mol. The van der Waals surface area contributed by atoms with E-state index in [9.17, 15) is 26.7 Å². The van der Waals surface area contributed by atoms with Gasteiger partial charge in [0, 0.05) is 53.5 Å². The van der Waals surface area contributed by atoms with Crippen molar-refractivity contribution in [2.45, 2.75) is 25.0 Å². The van der Waals surface area contributed by atoms with E-state index in [1.54, 1.807) is 17.8 Å². The fourth-order valence-corrected chi connectivity index (χ4v) is 5.38. The molecule has 0 spiro atoms. The molecule has 0 saturated heterocycles. The van der Waals surface area contributed by atoms with Crippen molar-refractivity contribution >= 4 is 34.1 Å².